The standard InChI is InChI=1S/CH2F2O4S/c2-1(3,4)8(5,6)7/h4H,(H,5,6,7)/p-1. The Hall–Kier alpha value is -0.270. The molecule has 0 aliphatic heterocycles. The molecule has 8 heavy (non-hydrogen) atoms. The van der Waals surface area contributed by atoms with E-state index in [0.717, 1.165) is 0 Å². The SMILES string of the molecule is O=S(=O)([O-])C(O)(F)F. The van der Waals surface area contributed by atoms with Gasteiger partial charge in [0.2, 0.25) is 0 Å². The molecule has 0 fully saturated rings. The van der Waals surface area contributed by atoms with Gasteiger partial charge in [0.1, 0.15) is 0 Å². The first-order chi connectivity index (χ1) is 3.25. The zero-order chi connectivity index (χ0) is 7.00. The molecule has 4 nitrogen and oxygen atoms in total. The maximum Gasteiger partial charge on any atom is 0.448 e. The fourth-order valence-electron chi connectivity index (χ4n) is 0. The van der Waals surface area contributed by atoms with Gasteiger partial charge in [0.15, 0.2) is 10.1 Å². The molecular formula is CHF2O4S-. The van der Waals surface area contributed by atoms with E-state index in [4.69, 9.17) is 18.1 Å². The van der Waals surface area contributed by atoms with Gasteiger partial charge in [0.25, 0.3) is 0 Å². The third-order valence-electron chi connectivity index (χ3n) is 0.301. The largest absolute Gasteiger partial charge is 0.741 e. The van der Waals surface area contributed by atoms with Crippen LogP contribution in [-0.2, 0) is 10.1 Å². The molecule has 0 saturated heterocycles. The van der Waals surface area contributed by atoms with E-state index in [1.807, 2.05) is 0 Å². The summed E-state index contributed by atoms with van der Waals surface area (Å²) in [6.45, 7) is 0. The fraction of sp³-hybridized carbons (Fsp3) is 1.00. The van der Waals surface area contributed by atoms with Gasteiger partial charge in [-0.25, -0.2) is 8.42 Å². The molecule has 0 rings (SSSR count). The van der Waals surface area contributed by atoms with Gasteiger partial charge < -0.3 is 9.66 Å². The van der Waals surface area contributed by atoms with Crippen molar-refractivity contribution in [3.63, 3.8) is 0 Å². The van der Waals surface area contributed by atoms with Crippen molar-refractivity contribution in [3.8, 4) is 0 Å². The third kappa shape index (κ3) is 1.68. The number of halogens is 2. The summed E-state index contributed by atoms with van der Waals surface area (Å²) in [5.41, 5.74) is -5.15. The lowest BCUT2D eigenvalue weighted by Gasteiger charge is -2.11. The Bertz CT molecular complexity index is 163. The van der Waals surface area contributed by atoms with E-state index in [1.54, 1.807) is 0 Å². The summed E-state index contributed by atoms with van der Waals surface area (Å²) in [4.78, 5) is 0. The van der Waals surface area contributed by atoms with Gasteiger partial charge in [-0.3, -0.25) is 0 Å². The lowest BCUT2D eigenvalue weighted by molar-refractivity contribution is -0.127. The van der Waals surface area contributed by atoms with Gasteiger partial charge in [0.05, 0.1) is 0 Å². The highest BCUT2D eigenvalue weighted by molar-refractivity contribution is 7.86. The van der Waals surface area contributed by atoms with Crippen LogP contribution in [-0.4, -0.2) is 23.5 Å². The molecule has 0 radical (unpaired) electrons. The Kier molecular flexibility index (Phi) is 1.55. The van der Waals surface area contributed by atoms with E-state index in [-0.39, 0.29) is 0 Å². The summed E-state index contributed by atoms with van der Waals surface area (Å²) in [6, 6.07) is 0. The minimum absolute atomic E-state index is 5.15. The van der Waals surface area contributed by atoms with Crippen molar-refractivity contribution in [1.82, 2.24) is 0 Å². The molecule has 1 N–H and O–H groups in total. The molecule has 0 aromatic rings. The van der Waals surface area contributed by atoms with Crippen molar-refractivity contribution in [1.29, 1.82) is 0 Å². The van der Waals surface area contributed by atoms with Crippen LogP contribution in [0.1, 0.15) is 0 Å². The maximum absolute atomic E-state index is 10.9. The van der Waals surface area contributed by atoms with E-state index < -0.39 is 15.6 Å². The average molecular weight is 147 g/mol. The smallest absolute Gasteiger partial charge is 0.448 e. The molecule has 0 amide bonds. The number of rotatable bonds is 1. The van der Waals surface area contributed by atoms with Crippen molar-refractivity contribution in [3.05, 3.63) is 0 Å². The number of hydrogen-bond acceptors (Lipinski definition) is 4. The average Bonchev–Trinajstić information content (AvgIpc) is 1.25. The first-order valence-corrected chi connectivity index (χ1v) is 2.71. The highest BCUT2D eigenvalue weighted by Crippen LogP contribution is 2.14. The topological polar surface area (TPSA) is 77.4 Å². The molecular weight excluding hydrogens is 146 g/mol. The van der Waals surface area contributed by atoms with Crippen molar-refractivity contribution in [2.75, 3.05) is 0 Å². The van der Waals surface area contributed by atoms with Crippen LogP contribution in [0.15, 0.2) is 0 Å². The van der Waals surface area contributed by atoms with Crippen LogP contribution >= 0.6 is 0 Å². The second-order valence-corrected chi connectivity index (χ2v) is 2.34. The van der Waals surface area contributed by atoms with Crippen molar-refractivity contribution in [2.24, 2.45) is 0 Å². The molecule has 0 heterocycles. The first-order valence-electron chi connectivity index (χ1n) is 1.31. The van der Waals surface area contributed by atoms with Gasteiger partial charge in [0, 0.05) is 0 Å². The Labute approximate surface area is 43.5 Å². The van der Waals surface area contributed by atoms with Crippen LogP contribution in [0, 0.1) is 0 Å². The van der Waals surface area contributed by atoms with Crippen LogP contribution in [0.3, 0.4) is 0 Å². The molecule has 0 spiro atoms. The lowest BCUT2D eigenvalue weighted by atomic mass is 11.5. The predicted molar refractivity (Wildman–Crippen MR) is 16.9 cm³/mol. The summed E-state index contributed by atoms with van der Waals surface area (Å²) >= 11 is 0. The van der Waals surface area contributed by atoms with Gasteiger partial charge in [-0.05, 0) is 0 Å². The van der Waals surface area contributed by atoms with Crippen molar-refractivity contribution >= 4 is 10.1 Å². The highest BCUT2D eigenvalue weighted by atomic mass is 32.2. The quantitative estimate of drug-likeness (QED) is 0.486. The van der Waals surface area contributed by atoms with Crippen LogP contribution in [0.25, 0.3) is 0 Å². The first kappa shape index (κ1) is 7.73. The monoisotopic (exact) mass is 147 g/mol. The highest BCUT2D eigenvalue weighted by Gasteiger charge is 2.33. The zero-order valence-electron chi connectivity index (χ0n) is 3.34. The minimum Gasteiger partial charge on any atom is -0.741 e. The van der Waals surface area contributed by atoms with E-state index in [9.17, 15) is 8.78 Å². The summed E-state index contributed by atoms with van der Waals surface area (Å²) in [6.07, 6.45) is 0. The molecule has 0 saturated carbocycles. The van der Waals surface area contributed by atoms with Crippen molar-refractivity contribution in [2.45, 2.75) is 5.44 Å². The molecule has 0 aromatic heterocycles. The molecule has 0 unspecified atom stereocenters. The number of aliphatic hydroxyl groups is 1. The molecule has 0 aromatic carbocycles. The van der Waals surface area contributed by atoms with E-state index in [0.29, 0.717) is 0 Å². The second kappa shape index (κ2) is 1.61. The lowest BCUT2D eigenvalue weighted by Crippen LogP contribution is -2.27. The molecule has 0 atom stereocenters. The third-order valence-corrected chi connectivity index (χ3v) is 0.902. The van der Waals surface area contributed by atoms with Gasteiger partial charge in [-0.1, -0.05) is 0 Å². The molecule has 50 valence electrons. The normalized spacial score (nSPS) is 14.0. The van der Waals surface area contributed by atoms with E-state index in [2.05, 4.69) is 0 Å². The predicted octanol–water partition coefficient (Wildman–Crippen LogP) is -0.926. The Balaban J connectivity index is 4.53. The van der Waals surface area contributed by atoms with Crippen molar-refractivity contribution < 1.29 is 26.9 Å². The molecule has 0 bridgehead atoms. The Morgan fingerprint density at radius 2 is 1.62 bits per heavy atom. The number of hydrogen-bond donors (Lipinski definition) is 1. The Morgan fingerprint density at radius 3 is 1.62 bits per heavy atom. The number of alkyl halides is 2. The van der Waals surface area contributed by atoms with Crippen LogP contribution in [0.5, 0.6) is 0 Å². The second-order valence-electron chi connectivity index (χ2n) is 0.940. The summed E-state index contributed by atoms with van der Waals surface area (Å²) in [5, 5.41) is 7.12. The zero-order valence-corrected chi connectivity index (χ0v) is 4.15. The van der Waals surface area contributed by atoms with Gasteiger partial charge >= 0.3 is 5.44 Å². The summed E-state index contributed by atoms with van der Waals surface area (Å²) < 4.78 is 49.1. The molecule has 0 aliphatic rings. The maximum atomic E-state index is 10.9. The van der Waals surface area contributed by atoms with E-state index >= 15 is 0 Å². The fourth-order valence-corrected chi connectivity index (χ4v) is 0. The van der Waals surface area contributed by atoms with Gasteiger partial charge in [-0.15, -0.1) is 0 Å². The summed E-state index contributed by atoms with van der Waals surface area (Å²) in [7, 11) is -5.87. The summed E-state index contributed by atoms with van der Waals surface area (Å²) in [5.74, 6) is 0. The Morgan fingerprint density at radius 1 is 1.50 bits per heavy atom. The molecule has 0 aliphatic carbocycles. The van der Waals surface area contributed by atoms with Crippen LogP contribution in [0.2, 0.25) is 0 Å². The van der Waals surface area contributed by atoms with Gasteiger partial charge in [-0.2, -0.15) is 8.78 Å². The molecule has 7 heteroatoms. The van der Waals surface area contributed by atoms with Crippen LogP contribution in [0.4, 0.5) is 8.78 Å². The van der Waals surface area contributed by atoms with Crippen LogP contribution < -0.4 is 0 Å². The van der Waals surface area contributed by atoms with E-state index in [1.165, 1.54) is 0 Å². The minimum atomic E-state index is -5.87.